The second-order valence-corrected chi connectivity index (χ2v) is 5.88. The minimum absolute atomic E-state index is 0.106. The SMILES string of the molecule is CCCc1ccc(C(Br)c2ccc(OC)cc2OC)cc1. The molecular weight excluding hydrogens is 328 g/mol. The van der Waals surface area contributed by atoms with Crippen LogP contribution in [0.1, 0.15) is 34.9 Å². The van der Waals surface area contributed by atoms with Crippen molar-refractivity contribution in [2.24, 2.45) is 0 Å². The second-order valence-electron chi connectivity index (χ2n) is 4.96. The third-order valence-corrected chi connectivity index (χ3v) is 4.55. The summed E-state index contributed by atoms with van der Waals surface area (Å²) in [6, 6.07) is 14.7. The van der Waals surface area contributed by atoms with Crippen LogP contribution in [0.2, 0.25) is 0 Å². The fourth-order valence-electron chi connectivity index (χ4n) is 2.35. The summed E-state index contributed by atoms with van der Waals surface area (Å²) in [6.45, 7) is 2.20. The first-order chi connectivity index (χ1) is 10.2. The molecule has 0 saturated heterocycles. The lowest BCUT2D eigenvalue weighted by atomic mass is 10.0. The molecule has 0 aromatic heterocycles. The van der Waals surface area contributed by atoms with Gasteiger partial charge in [-0.25, -0.2) is 0 Å². The first kappa shape index (κ1) is 15.9. The van der Waals surface area contributed by atoms with Gasteiger partial charge in [-0.2, -0.15) is 0 Å². The molecule has 3 heteroatoms. The molecule has 0 fully saturated rings. The summed E-state index contributed by atoms with van der Waals surface area (Å²) in [5, 5.41) is 0. The maximum absolute atomic E-state index is 5.48. The summed E-state index contributed by atoms with van der Waals surface area (Å²) < 4.78 is 10.7. The molecule has 0 heterocycles. The zero-order valence-corrected chi connectivity index (χ0v) is 14.3. The molecule has 0 aliphatic rings. The maximum Gasteiger partial charge on any atom is 0.127 e. The fraction of sp³-hybridized carbons (Fsp3) is 0.333. The molecule has 2 aromatic carbocycles. The summed E-state index contributed by atoms with van der Waals surface area (Å²) in [6.07, 6.45) is 2.29. The minimum Gasteiger partial charge on any atom is -0.497 e. The highest BCUT2D eigenvalue weighted by Gasteiger charge is 2.16. The van der Waals surface area contributed by atoms with Gasteiger partial charge in [0.05, 0.1) is 19.0 Å². The Bertz CT molecular complexity index is 578. The molecule has 0 bridgehead atoms. The van der Waals surface area contributed by atoms with E-state index in [4.69, 9.17) is 9.47 Å². The Labute approximate surface area is 135 Å². The molecule has 112 valence electrons. The monoisotopic (exact) mass is 348 g/mol. The Morgan fingerprint density at radius 3 is 2.29 bits per heavy atom. The van der Waals surface area contributed by atoms with Crippen molar-refractivity contribution < 1.29 is 9.47 Å². The van der Waals surface area contributed by atoms with Crippen LogP contribution in [0, 0.1) is 0 Å². The standard InChI is InChI=1S/C18H21BrO2/c1-4-5-13-6-8-14(9-7-13)18(19)16-11-10-15(20-2)12-17(16)21-3/h6-12,18H,4-5H2,1-3H3. The minimum atomic E-state index is 0.106. The van der Waals surface area contributed by atoms with E-state index in [1.54, 1.807) is 14.2 Å². The van der Waals surface area contributed by atoms with Crippen molar-refractivity contribution in [1.29, 1.82) is 0 Å². The molecule has 0 amide bonds. The smallest absolute Gasteiger partial charge is 0.127 e. The van der Waals surface area contributed by atoms with Gasteiger partial charge in [0.25, 0.3) is 0 Å². The lowest BCUT2D eigenvalue weighted by molar-refractivity contribution is 0.391. The molecule has 1 atom stereocenters. The van der Waals surface area contributed by atoms with Crippen molar-refractivity contribution in [1.82, 2.24) is 0 Å². The predicted molar refractivity (Wildman–Crippen MR) is 90.8 cm³/mol. The summed E-state index contributed by atoms with van der Waals surface area (Å²) in [7, 11) is 3.34. The van der Waals surface area contributed by atoms with E-state index in [1.807, 2.05) is 18.2 Å². The van der Waals surface area contributed by atoms with Gasteiger partial charge >= 0.3 is 0 Å². The molecule has 0 radical (unpaired) electrons. The van der Waals surface area contributed by atoms with Crippen molar-refractivity contribution >= 4 is 15.9 Å². The third kappa shape index (κ3) is 3.79. The van der Waals surface area contributed by atoms with Gasteiger partial charge < -0.3 is 9.47 Å². The lowest BCUT2D eigenvalue weighted by Crippen LogP contribution is -1.98. The molecule has 2 nitrogen and oxygen atoms in total. The average molecular weight is 349 g/mol. The van der Waals surface area contributed by atoms with Crippen LogP contribution >= 0.6 is 15.9 Å². The van der Waals surface area contributed by atoms with E-state index in [9.17, 15) is 0 Å². The van der Waals surface area contributed by atoms with Crippen molar-refractivity contribution in [2.45, 2.75) is 24.6 Å². The van der Waals surface area contributed by atoms with Gasteiger partial charge in [0.15, 0.2) is 0 Å². The Kier molecular flexibility index (Phi) is 5.68. The number of aryl methyl sites for hydroxylation is 1. The van der Waals surface area contributed by atoms with Gasteiger partial charge in [0.2, 0.25) is 0 Å². The average Bonchev–Trinajstić information content (AvgIpc) is 2.54. The lowest BCUT2D eigenvalue weighted by Gasteiger charge is -2.16. The molecule has 1 unspecified atom stereocenters. The van der Waals surface area contributed by atoms with Gasteiger partial charge in [0.1, 0.15) is 11.5 Å². The number of hydrogen-bond acceptors (Lipinski definition) is 2. The van der Waals surface area contributed by atoms with E-state index in [0.717, 1.165) is 23.5 Å². The topological polar surface area (TPSA) is 18.5 Å². The normalized spacial score (nSPS) is 12.0. The maximum atomic E-state index is 5.48. The van der Waals surface area contributed by atoms with Crippen molar-refractivity contribution in [3.05, 3.63) is 59.2 Å². The first-order valence-corrected chi connectivity index (χ1v) is 8.06. The Morgan fingerprint density at radius 1 is 1.00 bits per heavy atom. The van der Waals surface area contributed by atoms with Gasteiger partial charge in [0, 0.05) is 11.6 Å². The number of benzene rings is 2. The van der Waals surface area contributed by atoms with E-state index in [-0.39, 0.29) is 4.83 Å². The van der Waals surface area contributed by atoms with Crippen LogP contribution in [-0.2, 0) is 6.42 Å². The fourth-order valence-corrected chi connectivity index (χ4v) is 3.03. The van der Waals surface area contributed by atoms with Crippen molar-refractivity contribution in [2.75, 3.05) is 14.2 Å². The highest BCUT2D eigenvalue weighted by Crippen LogP contribution is 2.38. The van der Waals surface area contributed by atoms with Gasteiger partial charge in [-0.1, -0.05) is 59.6 Å². The summed E-state index contributed by atoms with van der Waals surface area (Å²) in [4.78, 5) is 0.106. The molecule has 0 spiro atoms. The van der Waals surface area contributed by atoms with Gasteiger partial charge in [-0.15, -0.1) is 0 Å². The van der Waals surface area contributed by atoms with Crippen LogP contribution in [0.4, 0.5) is 0 Å². The van der Waals surface area contributed by atoms with E-state index >= 15 is 0 Å². The highest BCUT2D eigenvalue weighted by atomic mass is 79.9. The number of alkyl halides is 1. The Hall–Kier alpha value is -1.48. The Balaban J connectivity index is 2.28. The van der Waals surface area contributed by atoms with Crippen LogP contribution in [0.25, 0.3) is 0 Å². The molecule has 2 aromatic rings. The van der Waals surface area contributed by atoms with Crippen LogP contribution < -0.4 is 9.47 Å². The summed E-state index contributed by atoms with van der Waals surface area (Å²) in [5.41, 5.74) is 3.70. The van der Waals surface area contributed by atoms with Crippen LogP contribution in [-0.4, -0.2) is 14.2 Å². The van der Waals surface area contributed by atoms with Crippen LogP contribution in [0.15, 0.2) is 42.5 Å². The zero-order chi connectivity index (χ0) is 15.2. The second kappa shape index (κ2) is 7.51. The van der Waals surface area contributed by atoms with E-state index < -0.39 is 0 Å². The number of halogens is 1. The highest BCUT2D eigenvalue weighted by molar-refractivity contribution is 9.09. The summed E-state index contributed by atoms with van der Waals surface area (Å²) in [5.74, 6) is 1.63. The van der Waals surface area contributed by atoms with Gasteiger partial charge in [-0.05, 0) is 23.6 Å². The summed E-state index contributed by atoms with van der Waals surface area (Å²) >= 11 is 3.77. The van der Waals surface area contributed by atoms with E-state index in [1.165, 1.54) is 17.5 Å². The molecule has 0 N–H and O–H groups in total. The van der Waals surface area contributed by atoms with Crippen molar-refractivity contribution in [3.8, 4) is 11.5 Å². The molecule has 0 aliphatic heterocycles. The quantitative estimate of drug-likeness (QED) is 0.672. The molecule has 0 aliphatic carbocycles. The first-order valence-electron chi connectivity index (χ1n) is 7.14. The molecule has 2 rings (SSSR count). The van der Waals surface area contributed by atoms with Gasteiger partial charge in [-0.3, -0.25) is 0 Å². The molecular formula is C18H21BrO2. The molecule has 0 saturated carbocycles. The third-order valence-electron chi connectivity index (χ3n) is 3.52. The largest absolute Gasteiger partial charge is 0.497 e. The number of hydrogen-bond donors (Lipinski definition) is 0. The van der Waals surface area contributed by atoms with E-state index in [0.29, 0.717) is 0 Å². The van der Waals surface area contributed by atoms with E-state index in [2.05, 4.69) is 47.1 Å². The zero-order valence-electron chi connectivity index (χ0n) is 12.7. The number of ether oxygens (including phenoxy) is 2. The van der Waals surface area contributed by atoms with Crippen LogP contribution in [0.3, 0.4) is 0 Å². The van der Waals surface area contributed by atoms with Crippen molar-refractivity contribution in [3.63, 3.8) is 0 Å². The number of rotatable bonds is 6. The Morgan fingerprint density at radius 2 is 1.71 bits per heavy atom. The number of methoxy groups -OCH3 is 2. The van der Waals surface area contributed by atoms with Crippen LogP contribution in [0.5, 0.6) is 11.5 Å². The molecule has 21 heavy (non-hydrogen) atoms. The predicted octanol–water partition coefficient (Wildman–Crippen LogP) is 5.14.